The molecule has 4 fully saturated rings. The van der Waals surface area contributed by atoms with Gasteiger partial charge in [-0.3, -0.25) is 19.4 Å². The number of aryl methyl sites for hydroxylation is 2. The van der Waals surface area contributed by atoms with E-state index in [9.17, 15) is 9.59 Å². The molecule has 0 aliphatic carbocycles. The standard InChI is InChI=1S/C34H43N5O2S/c1-22-16-23(2)18-25(17-22)32-29(20-36-12-14-37(15-13-36)21-31(40)38-10-4-5-11-38)28-19-30(42-33(28)35-32)24(3)34(41)39-26-6-7-27(39)9-8-26/h16-19,26-27,35H,3-15,20-21H2,1-2H3. The molecule has 4 aliphatic heterocycles. The number of fused-ring (bicyclic) bond motifs is 3. The zero-order valence-corrected chi connectivity index (χ0v) is 25.9. The van der Waals surface area contributed by atoms with Crippen molar-refractivity contribution in [1.82, 2.24) is 24.6 Å². The molecule has 4 aliphatic rings. The number of hydrogen-bond acceptors (Lipinski definition) is 5. The summed E-state index contributed by atoms with van der Waals surface area (Å²) in [6, 6.07) is 9.76. The van der Waals surface area contributed by atoms with E-state index in [1.807, 2.05) is 4.90 Å². The van der Waals surface area contributed by atoms with Crippen LogP contribution in [0.25, 0.3) is 27.0 Å². The highest BCUT2D eigenvalue weighted by molar-refractivity contribution is 7.20. The Balaban J connectivity index is 1.13. The molecule has 4 saturated heterocycles. The lowest BCUT2D eigenvalue weighted by atomic mass is 10.0. The molecule has 6 heterocycles. The van der Waals surface area contributed by atoms with Crippen LogP contribution in [0.1, 0.15) is 60.1 Å². The van der Waals surface area contributed by atoms with Crippen LogP contribution < -0.4 is 0 Å². The Morgan fingerprint density at radius 3 is 2.14 bits per heavy atom. The number of aromatic nitrogens is 1. The summed E-state index contributed by atoms with van der Waals surface area (Å²) in [5, 5.41) is 1.20. The predicted molar refractivity (Wildman–Crippen MR) is 171 cm³/mol. The molecule has 1 aromatic carbocycles. The number of aromatic amines is 1. The summed E-state index contributed by atoms with van der Waals surface area (Å²) in [6.07, 6.45) is 6.82. The Labute approximate surface area is 253 Å². The molecule has 7 rings (SSSR count). The molecule has 0 radical (unpaired) electrons. The third-order valence-corrected chi connectivity index (χ3v) is 11.1. The maximum atomic E-state index is 13.5. The maximum absolute atomic E-state index is 13.5. The zero-order valence-electron chi connectivity index (χ0n) is 25.1. The van der Waals surface area contributed by atoms with Gasteiger partial charge < -0.3 is 14.8 Å². The molecule has 2 aromatic heterocycles. The summed E-state index contributed by atoms with van der Waals surface area (Å²) < 4.78 is 0. The number of thiophene rings is 1. The van der Waals surface area contributed by atoms with Crippen LogP contribution in [-0.2, 0) is 16.1 Å². The average Bonchev–Trinajstić information content (AvgIpc) is 3.81. The number of rotatable bonds is 7. The molecule has 222 valence electrons. The van der Waals surface area contributed by atoms with Crippen LogP contribution in [0, 0.1) is 13.8 Å². The monoisotopic (exact) mass is 585 g/mol. The normalized spacial score (nSPS) is 23.0. The van der Waals surface area contributed by atoms with E-state index in [1.54, 1.807) is 11.3 Å². The van der Waals surface area contributed by atoms with Crippen LogP contribution in [0.2, 0.25) is 0 Å². The van der Waals surface area contributed by atoms with Gasteiger partial charge in [-0.25, -0.2) is 0 Å². The lowest BCUT2D eigenvalue weighted by molar-refractivity contribution is -0.131. The highest BCUT2D eigenvalue weighted by Gasteiger charge is 2.43. The topological polar surface area (TPSA) is 62.9 Å². The van der Waals surface area contributed by atoms with E-state index in [1.165, 1.54) is 33.3 Å². The van der Waals surface area contributed by atoms with Crippen molar-refractivity contribution >= 4 is 38.9 Å². The fraction of sp³-hybridized carbons (Fsp3) is 0.529. The summed E-state index contributed by atoms with van der Waals surface area (Å²) in [6.45, 7) is 15.5. The van der Waals surface area contributed by atoms with Gasteiger partial charge in [0.15, 0.2) is 0 Å². The van der Waals surface area contributed by atoms with Gasteiger partial charge in [-0.2, -0.15) is 0 Å². The van der Waals surface area contributed by atoms with Gasteiger partial charge in [0.2, 0.25) is 5.91 Å². The molecule has 3 aromatic rings. The fourth-order valence-electron chi connectivity index (χ4n) is 7.80. The molecule has 2 bridgehead atoms. The molecule has 0 atom stereocenters. The van der Waals surface area contributed by atoms with Gasteiger partial charge in [0.05, 0.1) is 12.2 Å². The van der Waals surface area contributed by atoms with Crippen LogP contribution in [-0.4, -0.2) is 94.3 Å². The van der Waals surface area contributed by atoms with Crippen LogP contribution in [0.4, 0.5) is 0 Å². The number of carbonyl (C=O) groups is 2. The van der Waals surface area contributed by atoms with Crippen molar-refractivity contribution in [3.8, 4) is 11.3 Å². The first-order valence-corrected chi connectivity index (χ1v) is 16.6. The SMILES string of the molecule is C=C(C(=O)N1C2CCC1CC2)c1cc2c(CN3CCN(CC(=O)N4CCCC4)CC3)c(-c3cc(C)cc(C)c3)[nH]c2s1. The maximum Gasteiger partial charge on any atom is 0.255 e. The van der Waals surface area contributed by atoms with Crippen molar-refractivity contribution in [2.24, 2.45) is 0 Å². The number of H-pyrrole nitrogens is 1. The van der Waals surface area contributed by atoms with E-state index >= 15 is 0 Å². The van der Waals surface area contributed by atoms with E-state index in [-0.39, 0.29) is 11.8 Å². The number of nitrogens with one attached hydrogen (secondary N) is 1. The van der Waals surface area contributed by atoms with Crippen LogP contribution in [0.3, 0.4) is 0 Å². The van der Waals surface area contributed by atoms with Crippen molar-refractivity contribution in [3.05, 3.63) is 52.4 Å². The molecule has 2 amide bonds. The number of amides is 2. The lowest BCUT2D eigenvalue weighted by Crippen LogP contribution is -2.49. The number of benzene rings is 1. The van der Waals surface area contributed by atoms with Crippen LogP contribution in [0.5, 0.6) is 0 Å². The molecule has 0 saturated carbocycles. The third-order valence-electron chi connectivity index (χ3n) is 10.0. The molecular weight excluding hydrogens is 542 g/mol. The lowest BCUT2D eigenvalue weighted by Gasteiger charge is -2.35. The number of hydrogen-bond donors (Lipinski definition) is 1. The van der Waals surface area contributed by atoms with E-state index in [0.29, 0.717) is 24.2 Å². The Kier molecular flexibility index (Phi) is 7.49. The highest BCUT2D eigenvalue weighted by atomic mass is 32.1. The summed E-state index contributed by atoms with van der Waals surface area (Å²) >= 11 is 1.66. The molecule has 0 unspecified atom stereocenters. The van der Waals surface area contributed by atoms with Crippen molar-refractivity contribution in [2.45, 2.75) is 71.0 Å². The summed E-state index contributed by atoms with van der Waals surface area (Å²) in [4.78, 5) is 41.1. The van der Waals surface area contributed by atoms with Gasteiger partial charge in [0, 0.05) is 79.3 Å². The first-order valence-electron chi connectivity index (χ1n) is 15.8. The Bertz CT molecular complexity index is 1480. The van der Waals surface area contributed by atoms with Gasteiger partial charge >= 0.3 is 0 Å². The number of likely N-dealkylation sites (tertiary alicyclic amines) is 1. The van der Waals surface area contributed by atoms with Crippen molar-refractivity contribution in [2.75, 3.05) is 45.8 Å². The minimum absolute atomic E-state index is 0.125. The highest BCUT2D eigenvalue weighted by Crippen LogP contribution is 2.42. The largest absolute Gasteiger partial charge is 0.346 e. The second-order valence-corrected chi connectivity index (χ2v) is 14.1. The molecule has 0 spiro atoms. The van der Waals surface area contributed by atoms with E-state index in [0.717, 1.165) is 94.0 Å². The van der Waals surface area contributed by atoms with Crippen molar-refractivity contribution in [1.29, 1.82) is 0 Å². The van der Waals surface area contributed by atoms with Crippen LogP contribution >= 0.6 is 11.3 Å². The van der Waals surface area contributed by atoms with Gasteiger partial charge in [-0.15, -0.1) is 11.3 Å². The average molecular weight is 586 g/mol. The van der Waals surface area contributed by atoms with E-state index in [2.05, 4.69) is 64.4 Å². The second kappa shape index (κ2) is 11.3. The second-order valence-electron chi connectivity index (χ2n) is 13.0. The summed E-state index contributed by atoms with van der Waals surface area (Å²) in [7, 11) is 0. The van der Waals surface area contributed by atoms with Gasteiger partial charge in [-0.1, -0.05) is 23.8 Å². The van der Waals surface area contributed by atoms with Crippen LogP contribution in [0.15, 0.2) is 30.8 Å². The molecular formula is C34H43N5O2S. The Hall–Kier alpha value is -2.94. The molecule has 1 N–H and O–H groups in total. The zero-order chi connectivity index (χ0) is 29.0. The first kappa shape index (κ1) is 27.9. The quantitative estimate of drug-likeness (QED) is 0.376. The van der Waals surface area contributed by atoms with Crippen molar-refractivity contribution in [3.63, 3.8) is 0 Å². The first-order chi connectivity index (χ1) is 20.3. The Morgan fingerprint density at radius 2 is 1.50 bits per heavy atom. The van der Waals surface area contributed by atoms with E-state index < -0.39 is 0 Å². The summed E-state index contributed by atoms with van der Waals surface area (Å²) in [5.74, 6) is 0.410. The minimum atomic E-state index is 0.125. The Morgan fingerprint density at radius 1 is 0.881 bits per heavy atom. The van der Waals surface area contributed by atoms with Gasteiger partial charge in [0.25, 0.3) is 5.91 Å². The summed E-state index contributed by atoms with van der Waals surface area (Å²) in [5.41, 5.74) is 6.83. The van der Waals surface area contributed by atoms with Crippen molar-refractivity contribution < 1.29 is 9.59 Å². The third kappa shape index (κ3) is 5.22. The molecule has 42 heavy (non-hydrogen) atoms. The predicted octanol–water partition coefficient (Wildman–Crippen LogP) is 5.42. The number of piperazine rings is 1. The number of nitrogens with zero attached hydrogens (tertiary/aromatic N) is 4. The van der Waals surface area contributed by atoms with Gasteiger partial charge in [-0.05, 0) is 76.1 Å². The number of carbonyl (C=O) groups excluding carboxylic acids is 2. The van der Waals surface area contributed by atoms with E-state index in [4.69, 9.17) is 0 Å². The molecule has 7 nitrogen and oxygen atoms in total. The minimum Gasteiger partial charge on any atom is -0.346 e. The van der Waals surface area contributed by atoms with Gasteiger partial charge in [0.1, 0.15) is 4.83 Å². The molecule has 8 heteroatoms. The smallest absolute Gasteiger partial charge is 0.255 e. The fourth-order valence-corrected chi connectivity index (χ4v) is 8.85.